The molecule has 0 aliphatic carbocycles. The molecule has 1 aliphatic rings. The lowest BCUT2D eigenvalue weighted by Crippen LogP contribution is -2.24. The molecular weight excluding hydrogens is 351 g/mol. The van der Waals surface area contributed by atoms with E-state index >= 15 is 0 Å². The van der Waals surface area contributed by atoms with Crippen LogP contribution in [0.4, 0.5) is 15.9 Å². The average molecular weight is 366 g/mol. The maximum Gasteiger partial charge on any atom is 0.270 e. The number of fused-ring (bicyclic) bond motifs is 1. The van der Waals surface area contributed by atoms with Crippen LogP contribution >= 0.6 is 0 Å². The predicted octanol–water partition coefficient (Wildman–Crippen LogP) is 3.02. The Kier molecular flexibility index (Phi) is 4.52. The van der Waals surface area contributed by atoms with Crippen LogP contribution in [-0.4, -0.2) is 22.7 Å². The van der Waals surface area contributed by atoms with E-state index in [2.05, 4.69) is 20.6 Å². The van der Waals surface area contributed by atoms with Gasteiger partial charge in [0.15, 0.2) is 11.5 Å². The van der Waals surface area contributed by atoms with Crippen LogP contribution in [0, 0.1) is 5.82 Å². The molecule has 0 saturated carbocycles. The van der Waals surface area contributed by atoms with Gasteiger partial charge in [-0.25, -0.2) is 14.4 Å². The summed E-state index contributed by atoms with van der Waals surface area (Å²) in [6.45, 7) is 0.499. The molecule has 7 nitrogen and oxygen atoms in total. The fourth-order valence-electron chi connectivity index (χ4n) is 2.57. The lowest BCUT2D eigenvalue weighted by Gasteiger charge is -2.08. The van der Waals surface area contributed by atoms with Crippen LogP contribution in [0.1, 0.15) is 16.1 Å². The Bertz CT molecular complexity index is 996. The lowest BCUT2D eigenvalue weighted by molar-refractivity contribution is 0.0945. The van der Waals surface area contributed by atoms with Gasteiger partial charge in [0.05, 0.1) is 5.69 Å². The summed E-state index contributed by atoms with van der Waals surface area (Å²) >= 11 is 0. The van der Waals surface area contributed by atoms with Crippen LogP contribution < -0.4 is 20.1 Å². The molecule has 27 heavy (non-hydrogen) atoms. The number of halogens is 1. The average Bonchev–Trinajstić information content (AvgIpc) is 3.16. The molecule has 136 valence electrons. The van der Waals surface area contributed by atoms with Crippen LogP contribution in [0.3, 0.4) is 0 Å². The second kappa shape index (κ2) is 7.28. The van der Waals surface area contributed by atoms with Gasteiger partial charge in [-0.15, -0.1) is 0 Å². The van der Waals surface area contributed by atoms with Crippen LogP contribution in [0.15, 0.2) is 54.9 Å². The van der Waals surface area contributed by atoms with Crippen molar-refractivity contribution in [3.8, 4) is 11.5 Å². The number of carbonyl (C=O) groups excluding carboxylic acids is 1. The third-order valence-electron chi connectivity index (χ3n) is 3.93. The van der Waals surface area contributed by atoms with Gasteiger partial charge in [0, 0.05) is 12.6 Å². The zero-order valence-corrected chi connectivity index (χ0v) is 14.1. The Morgan fingerprint density at radius 2 is 1.93 bits per heavy atom. The molecule has 0 atom stereocenters. The number of carbonyl (C=O) groups is 1. The molecule has 0 fully saturated rings. The van der Waals surface area contributed by atoms with Gasteiger partial charge >= 0.3 is 0 Å². The quantitative estimate of drug-likeness (QED) is 0.722. The van der Waals surface area contributed by atoms with Crippen molar-refractivity contribution in [2.45, 2.75) is 6.54 Å². The van der Waals surface area contributed by atoms with Gasteiger partial charge in [0.25, 0.3) is 5.91 Å². The van der Waals surface area contributed by atoms with E-state index in [0.29, 0.717) is 23.9 Å². The molecule has 1 amide bonds. The summed E-state index contributed by atoms with van der Waals surface area (Å²) in [5.41, 5.74) is 1.30. The number of aromatic nitrogens is 2. The van der Waals surface area contributed by atoms with Crippen molar-refractivity contribution in [3.05, 3.63) is 71.9 Å². The molecule has 1 aromatic heterocycles. The van der Waals surface area contributed by atoms with E-state index in [1.165, 1.54) is 18.5 Å². The number of rotatable bonds is 5. The summed E-state index contributed by atoms with van der Waals surface area (Å²) in [6.07, 6.45) is 1.25. The lowest BCUT2D eigenvalue weighted by atomic mass is 10.2. The van der Waals surface area contributed by atoms with Gasteiger partial charge in [-0.05, 0) is 29.8 Å². The number of amides is 1. The Hall–Kier alpha value is -3.68. The molecule has 2 N–H and O–H groups in total. The molecule has 0 bridgehead atoms. The van der Waals surface area contributed by atoms with Crippen molar-refractivity contribution in [2.24, 2.45) is 0 Å². The topological polar surface area (TPSA) is 85.4 Å². The molecule has 0 saturated heterocycles. The van der Waals surface area contributed by atoms with E-state index in [1.807, 2.05) is 12.1 Å². The summed E-state index contributed by atoms with van der Waals surface area (Å²) in [5.74, 6) is 0.879. The first-order valence-electron chi connectivity index (χ1n) is 8.19. The van der Waals surface area contributed by atoms with Gasteiger partial charge in [0.1, 0.15) is 23.7 Å². The standard InChI is InChI=1S/C19H15FN4O3/c20-13-3-1-2-4-14(13)24-18-8-15(22-10-23-18)19(25)21-9-12-5-6-16-17(7-12)27-11-26-16/h1-8,10H,9,11H2,(H,21,25)(H,22,23,24). The molecule has 0 radical (unpaired) electrons. The van der Waals surface area contributed by atoms with E-state index in [4.69, 9.17) is 9.47 Å². The minimum atomic E-state index is -0.412. The van der Waals surface area contributed by atoms with E-state index in [-0.39, 0.29) is 24.1 Å². The first-order chi connectivity index (χ1) is 13.2. The van der Waals surface area contributed by atoms with Crippen LogP contribution in [0.2, 0.25) is 0 Å². The van der Waals surface area contributed by atoms with Crippen molar-refractivity contribution in [1.29, 1.82) is 0 Å². The van der Waals surface area contributed by atoms with E-state index in [1.54, 1.807) is 24.3 Å². The highest BCUT2D eigenvalue weighted by molar-refractivity contribution is 5.92. The van der Waals surface area contributed by atoms with Crippen molar-refractivity contribution in [3.63, 3.8) is 0 Å². The van der Waals surface area contributed by atoms with Gasteiger partial charge < -0.3 is 20.1 Å². The second-order valence-corrected chi connectivity index (χ2v) is 5.76. The molecule has 1 aliphatic heterocycles. The van der Waals surface area contributed by atoms with Gasteiger partial charge in [-0.3, -0.25) is 4.79 Å². The highest BCUT2D eigenvalue weighted by Crippen LogP contribution is 2.32. The van der Waals surface area contributed by atoms with Gasteiger partial charge in [0.2, 0.25) is 6.79 Å². The Balaban J connectivity index is 1.42. The zero-order valence-electron chi connectivity index (χ0n) is 14.1. The van der Waals surface area contributed by atoms with Gasteiger partial charge in [-0.1, -0.05) is 18.2 Å². The minimum Gasteiger partial charge on any atom is -0.454 e. The number of hydrogen-bond acceptors (Lipinski definition) is 6. The number of anilines is 2. The summed E-state index contributed by atoms with van der Waals surface area (Å²) in [7, 11) is 0. The van der Waals surface area contributed by atoms with Crippen LogP contribution in [-0.2, 0) is 6.54 Å². The smallest absolute Gasteiger partial charge is 0.270 e. The van der Waals surface area contributed by atoms with Crippen molar-refractivity contribution in [1.82, 2.24) is 15.3 Å². The molecule has 2 heterocycles. The maximum absolute atomic E-state index is 13.7. The Morgan fingerprint density at radius 1 is 1.07 bits per heavy atom. The number of hydrogen-bond donors (Lipinski definition) is 2. The number of nitrogens with one attached hydrogen (secondary N) is 2. The molecule has 2 aromatic carbocycles. The normalized spacial score (nSPS) is 11.9. The minimum absolute atomic E-state index is 0.171. The highest BCUT2D eigenvalue weighted by Gasteiger charge is 2.14. The van der Waals surface area contributed by atoms with Crippen molar-refractivity contribution in [2.75, 3.05) is 12.1 Å². The fourth-order valence-corrected chi connectivity index (χ4v) is 2.57. The van der Waals surface area contributed by atoms with Crippen LogP contribution in [0.25, 0.3) is 0 Å². The second-order valence-electron chi connectivity index (χ2n) is 5.76. The first-order valence-corrected chi connectivity index (χ1v) is 8.19. The molecule has 3 aromatic rings. The van der Waals surface area contributed by atoms with E-state index in [0.717, 1.165) is 5.56 Å². The SMILES string of the molecule is O=C(NCc1ccc2c(c1)OCO2)c1cc(Nc2ccccc2F)ncn1. The summed E-state index contributed by atoms with van der Waals surface area (Å²) in [6, 6.07) is 13.1. The monoisotopic (exact) mass is 366 g/mol. The highest BCUT2D eigenvalue weighted by atomic mass is 19.1. The van der Waals surface area contributed by atoms with Gasteiger partial charge in [-0.2, -0.15) is 0 Å². The Labute approximate surface area is 154 Å². The third kappa shape index (κ3) is 3.79. The summed E-state index contributed by atoms with van der Waals surface area (Å²) in [5, 5.41) is 5.61. The maximum atomic E-state index is 13.7. The predicted molar refractivity (Wildman–Crippen MR) is 95.4 cm³/mol. The van der Waals surface area contributed by atoms with E-state index < -0.39 is 5.82 Å². The number of ether oxygens (including phenoxy) is 2. The Morgan fingerprint density at radius 3 is 2.81 bits per heavy atom. The third-order valence-corrected chi connectivity index (χ3v) is 3.93. The molecular formula is C19H15FN4O3. The fraction of sp³-hybridized carbons (Fsp3) is 0.105. The van der Waals surface area contributed by atoms with E-state index in [9.17, 15) is 9.18 Å². The molecule has 0 spiro atoms. The number of nitrogens with zero attached hydrogens (tertiary/aromatic N) is 2. The molecule has 4 rings (SSSR count). The largest absolute Gasteiger partial charge is 0.454 e. The van der Waals surface area contributed by atoms with Crippen LogP contribution in [0.5, 0.6) is 11.5 Å². The number of benzene rings is 2. The zero-order chi connectivity index (χ0) is 18.6. The number of para-hydroxylation sites is 1. The summed E-state index contributed by atoms with van der Waals surface area (Å²) < 4.78 is 24.3. The molecule has 0 unspecified atom stereocenters. The van der Waals surface area contributed by atoms with Crippen molar-refractivity contribution < 1.29 is 18.7 Å². The molecule has 8 heteroatoms. The first kappa shape index (κ1) is 16.8. The van der Waals surface area contributed by atoms with Crippen molar-refractivity contribution >= 4 is 17.4 Å². The summed E-state index contributed by atoms with van der Waals surface area (Å²) in [4.78, 5) is 20.4.